The zero-order valence-corrected chi connectivity index (χ0v) is 9.89. The van der Waals surface area contributed by atoms with E-state index in [9.17, 15) is 0 Å². The van der Waals surface area contributed by atoms with E-state index in [-0.39, 0.29) is 0 Å². The molecule has 3 nitrogen and oxygen atoms in total. The van der Waals surface area contributed by atoms with E-state index in [1.165, 1.54) is 17.1 Å². The Morgan fingerprint density at radius 2 is 2.47 bits per heavy atom. The van der Waals surface area contributed by atoms with Gasteiger partial charge in [-0.3, -0.25) is 4.90 Å². The molecule has 0 amide bonds. The first-order chi connectivity index (χ1) is 7.38. The van der Waals surface area contributed by atoms with Crippen LogP contribution < -0.4 is 5.32 Å². The molecule has 0 aliphatic carbocycles. The van der Waals surface area contributed by atoms with Gasteiger partial charge in [-0.2, -0.15) is 0 Å². The van der Waals surface area contributed by atoms with Gasteiger partial charge in [-0.25, -0.2) is 4.98 Å². The molecule has 1 N–H and O–H groups in total. The van der Waals surface area contributed by atoms with Crippen molar-refractivity contribution in [2.75, 3.05) is 20.1 Å². The summed E-state index contributed by atoms with van der Waals surface area (Å²) < 4.78 is 0. The Kier molecular flexibility index (Phi) is 3.88. The summed E-state index contributed by atoms with van der Waals surface area (Å²) in [6.45, 7) is 4.10. The summed E-state index contributed by atoms with van der Waals surface area (Å²) in [6, 6.07) is 0. The lowest BCUT2D eigenvalue weighted by Crippen LogP contribution is -2.26. The van der Waals surface area contributed by atoms with Crippen molar-refractivity contribution in [1.29, 1.82) is 0 Å². The zero-order chi connectivity index (χ0) is 10.5. The Morgan fingerprint density at radius 1 is 1.53 bits per heavy atom. The fourth-order valence-electron chi connectivity index (χ4n) is 1.72. The number of thiazole rings is 1. The smallest absolute Gasteiger partial charge is 0.107 e. The molecule has 0 saturated carbocycles. The number of hydrogen-bond acceptors (Lipinski definition) is 4. The molecule has 1 aromatic rings. The Labute approximate surface area is 94.8 Å². The molecule has 15 heavy (non-hydrogen) atoms. The summed E-state index contributed by atoms with van der Waals surface area (Å²) in [4.78, 5) is 7.01. The van der Waals surface area contributed by atoms with Crippen LogP contribution in [0.5, 0.6) is 0 Å². The molecule has 0 unspecified atom stereocenters. The van der Waals surface area contributed by atoms with Gasteiger partial charge in [0.25, 0.3) is 0 Å². The van der Waals surface area contributed by atoms with Gasteiger partial charge in [0.2, 0.25) is 0 Å². The highest BCUT2D eigenvalue weighted by atomic mass is 32.1. The molecule has 1 aromatic heterocycles. The third-order valence-corrected chi connectivity index (χ3v) is 3.35. The standard InChI is InChI=1S/C11H17N3S/c1-12-7-11-13-10(9-15-11)8-14-5-3-2-4-6-14/h2-3,9,12H,4-8H2,1H3. The van der Waals surface area contributed by atoms with Gasteiger partial charge < -0.3 is 5.32 Å². The summed E-state index contributed by atoms with van der Waals surface area (Å²) in [5.74, 6) is 0. The van der Waals surface area contributed by atoms with Gasteiger partial charge in [0.15, 0.2) is 0 Å². The molecule has 2 rings (SSSR count). The van der Waals surface area contributed by atoms with Crippen molar-refractivity contribution < 1.29 is 0 Å². The van der Waals surface area contributed by atoms with E-state index in [2.05, 4.69) is 32.7 Å². The minimum Gasteiger partial charge on any atom is -0.314 e. The van der Waals surface area contributed by atoms with Crippen molar-refractivity contribution in [3.63, 3.8) is 0 Å². The molecule has 0 spiro atoms. The highest BCUT2D eigenvalue weighted by Gasteiger charge is 2.09. The number of nitrogens with one attached hydrogen (secondary N) is 1. The summed E-state index contributed by atoms with van der Waals surface area (Å²) in [6.07, 6.45) is 5.67. The molecule has 82 valence electrons. The van der Waals surface area contributed by atoms with Crippen LogP contribution in [0.3, 0.4) is 0 Å². The van der Waals surface area contributed by atoms with Crippen LogP contribution in [0.15, 0.2) is 17.5 Å². The van der Waals surface area contributed by atoms with Crippen molar-refractivity contribution >= 4 is 11.3 Å². The Bertz CT molecular complexity index is 332. The van der Waals surface area contributed by atoms with Crippen LogP contribution in [0.2, 0.25) is 0 Å². The fraction of sp³-hybridized carbons (Fsp3) is 0.545. The van der Waals surface area contributed by atoms with Crippen molar-refractivity contribution in [2.24, 2.45) is 0 Å². The first-order valence-electron chi connectivity index (χ1n) is 5.33. The summed E-state index contributed by atoms with van der Waals surface area (Å²) in [5.41, 5.74) is 1.21. The molecule has 1 aliphatic rings. The van der Waals surface area contributed by atoms with Crippen molar-refractivity contribution in [3.05, 3.63) is 28.2 Å². The summed E-state index contributed by atoms with van der Waals surface area (Å²) in [7, 11) is 1.95. The molecule has 0 fully saturated rings. The van der Waals surface area contributed by atoms with E-state index >= 15 is 0 Å². The van der Waals surface area contributed by atoms with E-state index in [0.717, 1.165) is 26.2 Å². The third-order valence-electron chi connectivity index (χ3n) is 2.46. The van der Waals surface area contributed by atoms with Gasteiger partial charge in [-0.1, -0.05) is 12.2 Å². The molecule has 0 atom stereocenters. The SMILES string of the molecule is CNCc1nc(CN2CC=CCC2)cs1. The second-order valence-electron chi connectivity index (χ2n) is 3.76. The molecule has 0 aromatic carbocycles. The van der Waals surface area contributed by atoms with Crippen molar-refractivity contribution in [3.8, 4) is 0 Å². The minimum atomic E-state index is 0.880. The topological polar surface area (TPSA) is 28.2 Å². The molecule has 0 radical (unpaired) electrons. The largest absolute Gasteiger partial charge is 0.314 e. The lowest BCUT2D eigenvalue weighted by Gasteiger charge is -2.21. The van der Waals surface area contributed by atoms with E-state index in [1.54, 1.807) is 11.3 Å². The average Bonchev–Trinajstić information content (AvgIpc) is 2.68. The molecule has 4 heteroatoms. The van der Waals surface area contributed by atoms with Crippen LogP contribution in [0.1, 0.15) is 17.1 Å². The minimum absolute atomic E-state index is 0.880. The van der Waals surface area contributed by atoms with Gasteiger partial charge in [0.05, 0.1) is 5.69 Å². The maximum absolute atomic E-state index is 4.58. The quantitative estimate of drug-likeness (QED) is 0.786. The normalized spacial score (nSPS) is 17.1. The number of hydrogen-bond donors (Lipinski definition) is 1. The van der Waals surface area contributed by atoms with Crippen LogP contribution in [0, 0.1) is 0 Å². The Hall–Kier alpha value is -0.710. The van der Waals surface area contributed by atoms with Gasteiger partial charge >= 0.3 is 0 Å². The van der Waals surface area contributed by atoms with E-state index in [1.807, 2.05) is 7.05 Å². The van der Waals surface area contributed by atoms with Gasteiger partial charge in [-0.05, 0) is 13.5 Å². The van der Waals surface area contributed by atoms with Crippen LogP contribution in [-0.2, 0) is 13.1 Å². The van der Waals surface area contributed by atoms with Crippen molar-refractivity contribution in [2.45, 2.75) is 19.5 Å². The van der Waals surface area contributed by atoms with E-state index in [4.69, 9.17) is 0 Å². The predicted octanol–water partition coefficient (Wildman–Crippen LogP) is 1.62. The molecule has 1 aliphatic heterocycles. The monoisotopic (exact) mass is 223 g/mol. The average molecular weight is 223 g/mol. The number of rotatable bonds is 4. The highest BCUT2D eigenvalue weighted by Crippen LogP contribution is 2.13. The highest BCUT2D eigenvalue weighted by molar-refractivity contribution is 7.09. The third kappa shape index (κ3) is 3.12. The molecular weight excluding hydrogens is 206 g/mol. The Morgan fingerprint density at radius 3 is 3.20 bits per heavy atom. The van der Waals surface area contributed by atoms with Crippen molar-refractivity contribution in [1.82, 2.24) is 15.2 Å². The van der Waals surface area contributed by atoms with Gasteiger partial charge in [0.1, 0.15) is 5.01 Å². The maximum atomic E-state index is 4.58. The van der Waals surface area contributed by atoms with Gasteiger partial charge in [0, 0.05) is 31.6 Å². The lowest BCUT2D eigenvalue weighted by atomic mass is 10.2. The van der Waals surface area contributed by atoms with Crippen LogP contribution >= 0.6 is 11.3 Å². The van der Waals surface area contributed by atoms with Gasteiger partial charge in [-0.15, -0.1) is 11.3 Å². The second kappa shape index (κ2) is 5.39. The number of aromatic nitrogens is 1. The molecular formula is C11H17N3S. The molecule has 0 bridgehead atoms. The maximum Gasteiger partial charge on any atom is 0.107 e. The van der Waals surface area contributed by atoms with Crippen LogP contribution in [0.25, 0.3) is 0 Å². The first-order valence-corrected chi connectivity index (χ1v) is 6.21. The summed E-state index contributed by atoms with van der Waals surface area (Å²) in [5, 5.41) is 6.48. The predicted molar refractivity (Wildman–Crippen MR) is 63.9 cm³/mol. The van der Waals surface area contributed by atoms with E-state index < -0.39 is 0 Å². The molecule has 0 saturated heterocycles. The second-order valence-corrected chi connectivity index (χ2v) is 4.70. The fourth-order valence-corrected chi connectivity index (χ4v) is 2.51. The number of nitrogens with zero attached hydrogens (tertiary/aromatic N) is 2. The summed E-state index contributed by atoms with van der Waals surface area (Å²) >= 11 is 1.74. The first kappa shape index (κ1) is 10.8. The van der Waals surface area contributed by atoms with E-state index in [0.29, 0.717) is 0 Å². The lowest BCUT2D eigenvalue weighted by molar-refractivity contribution is 0.287. The van der Waals surface area contributed by atoms with Crippen LogP contribution in [0.4, 0.5) is 0 Å². The zero-order valence-electron chi connectivity index (χ0n) is 9.07. The van der Waals surface area contributed by atoms with Crippen LogP contribution in [-0.4, -0.2) is 30.0 Å². The molecule has 2 heterocycles. The Balaban J connectivity index is 1.89.